The van der Waals surface area contributed by atoms with Crippen LogP contribution in [0, 0.1) is 11.8 Å². The number of rotatable bonds is 7. The van der Waals surface area contributed by atoms with Crippen LogP contribution in [-0.4, -0.2) is 46.8 Å². The molecule has 1 aliphatic heterocycles. The van der Waals surface area contributed by atoms with Gasteiger partial charge in [-0.3, -0.25) is 4.90 Å². The third-order valence-corrected chi connectivity index (χ3v) is 7.93. The van der Waals surface area contributed by atoms with Gasteiger partial charge in [-0.2, -0.15) is 0 Å². The Hall–Kier alpha value is -2.53. The Bertz CT molecular complexity index is 968. The molecule has 2 aromatic rings. The molecule has 2 N–H and O–H groups in total. The van der Waals surface area contributed by atoms with Gasteiger partial charge in [-0.15, -0.1) is 0 Å². The zero-order valence-corrected chi connectivity index (χ0v) is 18.1. The highest BCUT2D eigenvalue weighted by Gasteiger charge is 2.51. The zero-order valence-electron chi connectivity index (χ0n) is 18.1. The number of hydrogen-bond donors (Lipinski definition) is 2. The SMILES string of the molecule is C[C@H]1[C@H]2Cc3ccc(O)cc3[C@@]1(CCOc1ccc(C(=O)O)cc1)CCN2CC1CC1. The van der Waals surface area contributed by atoms with Crippen molar-refractivity contribution >= 4 is 5.97 Å². The first-order chi connectivity index (χ1) is 15.0. The first kappa shape index (κ1) is 20.4. The van der Waals surface area contributed by atoms with Crippen LogP contribution < -0.4 is 4.74 Å². The summed E-state index contributed by atoms with van der Waals surface area (Å²) in [7, 11) is 0. The van der Waals surface area contributed by atoms with Crippen molar-refractivity contribution in [3.8, 4) is 11.5 Å². The Balaban J connectivity index is 1.37. The van der Waals surface area contributed by atoms with Gasteiger partial charge < -0.3 is 14.9 Å². The third kappa shape index (κ3) is 3.80. The van der Waals surface area contributed by atoms with E-state index in [9.17, 15) is 9.90 Å². The molecule has 5 heteroatoms. The van der Waals surface area contributed by atoms with Crippen molar-refractivity contribution in [2.75, 3.05) is 19.7 Å². The van der Waals surface area contributed by atoms with Crippen molar-refractivity contribution in [2.45, 2.75) is 50.5 Å². The maximum absolute atomic E-state index is 11.1. The number of hydrogen-bond acceptors (Lipinski definition) is 4. The van der Waals surface area contributed by atoms with Gasteiger partial charge in [-0.1, -0.05) is 13.0 Å². The number of piperidine rings is 1. The molecule has 0 unspecified atom stereocenters. The smallest absolute Gasteiger partial charge is 0.335 e. The number of fused-ring (bicyclic) bond motifs is 4. The molecule has 2 fully saturated rings. The Kier molecular flexibility index (Phi) is 5.17. The van der Waals surface area contributed by atoms with Crippen LogP contribution in [0.2, 0.25) is 0 Å². The van der Waals surface area contributed by atoms with E-state index in [0.29, 0.717) is 30.1 Å². The minimum Gasteiger partial charge on any atom is -0.508 e. The lowest BCUT2D eigenvalue weighted by atomic mass is 9.56. The van der Waals surface area contributed by atoms with Crippen molar-refractivity contribution in [3.63, 3.8) is 0 Å². The Labute approximate surface area is 183 Å². The Morgan fingerprint density at radius 3 is 2.68 bits per heavy atom. The molecular formula is C26H31NO4. The van der Waals surface area contributed by atoms with Gasteiger partial charge in [-0.05, 0) is 98.0 Å². The van der Waals surface area contributed by atoms with E-state index in [1.165, 1.54) is 30.5 Å². The van der Waals surface area contributed by atoms with Crippen molar-refractivity contribution in [1.29, 1.82) is 0 Å². The molecular weight excluding hydrogens is 390 g/mol. The third-order valence-electron chi connectivity index (χ3n) is 7.93. The normalized spacial score (nSPS) is 27.5. The van der Waals surface area contributed by atoms with E-state index in [-0.39, 0.29) is 11.0 Å². The van der Waals surface area contributed by atoms with E-state index in [1.54, 1.807) is 24.3 Å². The fraction of sp³-hybridized carbons (Fsp3) is 0.500. The topological polar surface area (TPSA) is 70.0 Å². The second kappa shape index (κ2) is 7.86. The van der Waals surface area contributed by atoms with Crippen molar-refractivity contribution in [3.05, 3.63) is 59.2 Å². The number of carboxylic acids is 1. The van der Waals surface area contributed by atoms with E-state index in [0.717, 1.165) is 31.7 Å². The van der Waals surface area contributed by atoms with Crippen LogP contribution in [0.25, 0.3) is 0 Å². The van der Waals surface area contributed by atoms with Crippen LogP contribution in [0.3, 0.4) is 0 Å². The molecule has 2 aromatic carbocycles. The van der Waals surface area contributed by atoms with Crippen LogP contribution in [0.1, 0.15) is 54.1 Å². The summed E-state index contributed by atoms with van der Waals surface area (Å²) in [6, 6.07) is 13.1. The summed E-state index contributed by atoms with van der Waals surface area (Å²) in [6.45, 7) is 5.29. The summed E-state index contributed by atoms with van der Waals surface area (Å²) < 4.78 is 6.06. The number of carbonyl (C=O) groups is 1. The maximum atomic E-state index is 11.1. The minimum absolute atomic E-state index is 0.00194. The summed E-state index contributed by atoms with van der Waals surface area (Å²) in [5, 5.41) is 19.3. The predicted molar refractivity (Wildman–Crippen MR) is 119 cm³/mol. The summed E-state index contributed by atoms with van der Waals surface area (Å²) >= 11 is 0. The molecule has 5 rings (SSSR count). The number of ether oxygens (including phenoxy) is 1. The summed E-state index contributed by atoms with van der Waals surface area (Å²) in [4.78, 5) is 13.8. The number of benzene rings is 2. The largest absolute Gasteiger partial charge is 0.508 e. The van der Waals surface area contributed by atoms with Gasteiger partial charge >= 0.3 is 5.97 Å². The highest BCUT2D eigenvalue weighted by atomic mass is 16.5. The molecule has 1 heterocycles. The maximum Gasteiger partial charge on any atom is 0.335 e. The number of aromatic hydroxyl groups is 1. The molecule has 1 saturated heterocycles. The minimum atomic E-state index is -0.929. The zero-order chi connectivity index (χ0) is 21.6. The van der Waals surface area contributed by atoms with Gasteiger partial charge in [-0.25, -0.2) is 4.79 Å². The molecule has 5 nitrogen and oxygen atoms in total. The first-order valence-electron chi connectivity index (χ1n) is 11.5. The number of likely N-dealkylation sites (tertiary alicyclic amines) is 1. The second-order valence-electron chi connectivity index (χ2n) is 9.67. The van der Waals surface area contributed by atoms with E-state index >= 15 is 0 Å². The molecule has 0 radical (unpaired) electrons. The van der Waals surface area contributed by atoms with Gasteiger partial charge in [0, 0.05) is 18.0 Å². The van der Waals surface area contributed by atoms with Crippen LogP contribution in [0.4, 0.5) is 0 Å². The van der Waals surface area contributed by atoms with Crippen molar-refractivity contribution in [2.24, 2.45) is 11.8 Å². The average Bonchev–Trinajstić information content (AvgIpc) is 3.57. The van der Waals surface area contributed by atoms with Crippen LogP contribution >= 0.6 is 0 Å². The highest BCUT2D eigenvalue weighted by Crippen LogP contribution is 2.52. The van der Waals surface area contributed by atoms with Gasteiger partial charge in [0.1, 0.15) is 11.5 Å². The van der Waals surface area contributed by atoms with Gasteiger partial charge in [0.15, 0.2) is 0 Å². The fourth-order valence-corrected chi connectivity index (χ4v) is 5.93. The van der Waals surface area contributed by atoms with Gasteiger partial charge in [0.2, 0.25) is 0 Å². The molecule has 0 aromatic heterocycles. The summed E-state index contributed by atoms with van der Waals surface area (Å²) in [5.74, 6) is 1.49. The van der Waals surface area contributed by atoms with E-state index < -0.39 is 5.97 Å². The predicted octanol–water partition coefficient (Wildman–Crippen LogP) is 4.47. The molecule has 164 valence electrons. The lowest BCUT2D eigenvalue weighted by molar-refractivity contribution is 0.00988. The van der Waals surface area contributed by atoms with E-state index in [2.05, 4.69) is 17.9 Å². The highest BCUT2D eigenvalue weighted by molar-refractivity contribution is 5.87. The average molecular weight is 422 g/mol. The fourth-order valence-electron chi connectivity index (χ4n) is 5.93. The first-order valence-corrected chi connectivity index (χ1v) is 11.5. The molecule has 3 atom stereocenters. The number of phenols is 1. The molecule has 31 heavy (non-hydrogen) atoms. The standard InChI is InChI=1S/C26H31NO4/c1-17-24-14-20-4-7-21(28)15-23(20)26(17,10-12-27(24)16-18-2-3-18)11-13-31-22-8-5-19(6-9-22)25(29)30/h4-9,15,17-18,24,28H,2-3,10-14,16H2,1H3,(H,29,30)/t17-,24+,26+/m0/s1. The molecule has 2 bridgehead atoms. The quantitative estimate of drug-likeness (QED) is 0.690. The Morgan fingerprint density at radius 2 is 1.97 bits per heavy atom. The number of carboxylic acid groups (broad SMARTS) is 1. The molecule has 2 aliphatic carbocycles. The Morgan fingerprint density at radius 1 is 1.19 bits per heavy atom. The molecule has 0 spiro atoms. The molecule has 0 amide bonds. The second-order valence-corrected chi connectivity index (χ2v) is 9.67. The van der Waals surface area contributed by atoms with E-state index in [4.69, 9.17) is 9.84 Å². The lowest BCUT2D eigenvalue weighted by Gasteiger charge is -2.56. The molecule has 1 saturated carbocycles. The van der Waals surface area contributed by atoms with Gasteiger partial charge in [0.25, 0.3) is 0 Å². The monoisotopic (exact) mass is 421 g/mol. The summed E-state index contributed by atoms with van der Waals surface area (Å²) in [6.07, 6.45) is 5.78. The number of aromatic carboxylic acids is 1. The van der Waals surface area contributed by atoms with Crippen molar-refractivity contribution < 1.29 is 19.7 Å². The van der Waals surface area contributed by atoms with Crippen LogP contribution in [-0.2, 0) is 11.8 Å². The van der Waals surface area contributed by atoms with Crippen molar-refractivity contribution in [1.82, 2.24) is 4.90 Å². The number of phenolic OH excluding ortho intramolecular Hbond substituents is 1. The van der Waals surface area contributed by atoms with E-state index in [1.807, 2.05) is 12.1 Å². The van der Waals surface area contributed by atoms with Gasteiger partial charge in [0.05, 0.1) is 12.2 Å². The lowest BCUT2D eigenvalue weighted by Crippen LogP contribution is -2.59. The molecule has 3 aliphatic rings. The van der Waals surface area contributed by atoms with Crippen LogP contribution in [0.5, 0.6) is 11.5 Å². The van der Waals surface area contributed by atoms with Crippen LogP contribution in [0.15, 0.2) is 42.5 Å². The summed E-state index contributed by atoms with van der Waals surface area (Å²) in [5.41, 5.74) is 2.93. The number of nitrogens with zero attached hydrogens (tertiary/aromatic N) is 1.